The molecule has 110 valence electrons. The highest BCUT2D eigenvalue weighted by atomic mass is 19.4. The molecule has 2 amide bonds. The number of rotatable bonds is 3. The highest BCUT2D eigenvalue weighted by Crippen LogP contribution is 2.25. The first-order chi connectivity index (χ1) is 8.65. The van der Waals surface area contributed by atoms with Gasteiger partial charge in [0.2, 0.25) is 0 Å². The molecule has 0 aromatic carbocycles. The van der Waals surface area contributed by atoms with Gasteiger partial charge >= 0.3 is 18.2 Å². The minimum atomic E-state index is -4.46. The van der Waals surface area contributed by atoms with Crippen molar-refractivity contribution in [3.8, 4) is 0 Å². The van der Waals surface area contributed by atoms with Crippen LogP contribution in [0, 0.1) is 11.8 Å². The van der Waals surface area contributed by atoms with E-state index < -0.39 is 30.6 Å². The number of hydrogen-bond acceptors (Lipinski definition) is 2. The van der Waals surface area contributed by atoms with E-state index in [1.54, 1.807) is 6.92 Å². The van der Waals surface area contributed by atoms with Crippen LogP contribution in [0.3, 0.4) is 0 Å². The van der Waals surface area contributed by atoms with E-state index in [-0.39, 0.29) is 25.6 Å². The van der Waals surface area contributed by atoms with Crippen molar-refractivity contribution in [3.63, 3.8) is 0 Å². The van der Waals surface area contributed by atoms with E-state index in [2.05, 4.69) is 0 Å². The van der Waals surface area contributed by atoms with E-state index in [1.165, 1.54) is 11.8 Å². The molecule has 0 saturated carbocycles. The number of hydrogen-bond donors (Lipinski definition) is 1. The number of likely N-dealkylation sites (tertiary alicyclic amines) is 1. The molecule has 1 aliphatic heterocycles. The number of urea groups is 1. The Labute approximate surface area is 109 Å². The lowest BCUT2D eigenvalue weighted by Gasteiger charge is -2.27. The van der Waals surface area contributed by atoms with Crippen molar-refractivity contribution < 1.29 is 27.9 Å². The van der Waals surface area contributed by atoms with Crippen LogP contribution in [0.5, 0.6) is 0 Å². The Morgan fingerprint density at radius 3 is 2.32 bits per heavy atom. The zero-order valence-corrected chi connectivity index (χ0v) is 10.8. The summed E-state index contributed by atoms with van der Waals surface area (Å²) in [4.78, 5) is 24.7. The van der Waals surface area contributed by atoms with E-state index >= 15 is 0 Å². The fourth-order valence-electron chi connectivity index (χ4n) is 2.18. The average molecular weight is 282 g/mol. The molecule has 0 spiro atoms. The summed E-state index contributed by atoms with van der Waals surface area (Å²) in [5, 5.41) is 8.93. The average Bonchev–Trinajstić information content (AvgIpc) is 2.66. The van der Waals surface area contributed by atoms with Crippen molar-refractivity contribution in [1.29, 1.82) is 0 Å². The van der Waals surface area contributed by atoms with Crippen LogP contribution in [0.2, 0.25) is 0 Å². The Balaban J connectivity index is 2.70. The van der Waals surface area contributed by atoms with Gasteiger partial charge in [-0.1, -0.05) is 6.92 Å². The molecule has 1 fully saturated rings. The second-order valence-corrected chi connectivity index (χ2v) is 4.74. The van der Waals surface area contributed by atoms with Crippen LogP contribution >= 0.6 is 0 Å². The minimum Gasteiger partial charge on any atom is -0.481 e. The molecule has 0 radical (unpaired) electrons. The fourth-order valence-corrected chi connectivity index (χ4v) is 2.18. The van der Waals surface area contributed by atoms with Gasteiger partial charge in [-0.15, -0.1) is 0 Å². The summed E-state index contributed by atoms with van der Waals surface area (Å²) in [6.45, 7) is 1.88. The number of carboxylic acid groups (broad SMARTS) is 1. The van der Waals surface area contributed by atoms with Gasteiger partial charge in [-0.25, -0.2) is 4.79 Å². The molecule has 1 heterocycles. The molecule has 2 atom stereocenters. The second kappa shape index (κ2) is 5.66. The van der Waals surface area contributed by atoms with Gasteiger partial charge in [-0.2, -0.15) is 13.2 Å². The first-order valence-electron chi connectivity index (χ1n) is 5.99. The Bertz CT molecular complexity index is 360. The minimum absolute atomic E-state index is 0.0380. The molecule has 19 heavy (non-hydrogen) atoms. The molecule has 1 saturated heterocycles. The predicted octanol–water partition coefficient (Wildman–Crippen LogP) is 1.64. The monoisotopic (exact) mass is 282 g/mol. The molecule has 0 aromatic heterocycles. The molecule has 0 aromatic rings. The van der Waals surface area contributed by atoms with E-state index in [1.807, 2.05) is 0 Å². The molecule has 1 N–H and O–H groups in total. The Kier molecular flexibility index (Phi) is 4.65. The summed E-state index contributed by atoms with van der Waals surface area (Å²) in [5.41, 5.74) is 0. The maximum atomic E-state index is 12.3. The van der Waals surface area contributed by atoms with Crippen LogP contribution in [0.1, 0.15) is 13.8 Å². The normalized spacial score (nSPS) is 23.5. The van der Waals surface area contributed by atoms with Crippen LogP contribution in [0.15, 0.2) is 0 Å². The number of amides is 2. The highest BCUT2D eigenvalue weighted by Gasteiger charge is 2.40. The van der Waals surface area contributed by atoms with Crippen molar-refractivity contribution in [3.05, 3.63) is 0 Å². The molecule has 8 heteroatoms. The lowest BCUT2D eigenvalue weighted by Crippen LogP contribution is -2.46. The smallest absolute Gasteiger partial charge is 0.406 e. The zero-order valence-electron chi connectivity index (χ0n) is 10.8. The highest BCUT2D eigenvalue weighted by molar-refractivity contribution is 5.77. The molecular weight excluding hydrogens is 265 g/mol. The summed E-state index contributed by atoms with van der Waals surface area (Å²) in [7, 11) is 0. The molecule has 0 aliphatic carbocycles. The van der Waals surface area contributed by atoms with E-state index in [0.717, 1.165) is 0 Å². The van der Waals surface area contributed by atoms with Gasteiger partial charge in [0.1, 0.15) is 6.54 Å². The number of carboxylic acids is 1. The lowest BCUT2D eigenvalue weighted by molar-refractivity contribution is -0.143. The van der Waals surface area contributed by atoms with E-state index in [4.69, 9.17) is 5.11 Å². The summed E-state index contributed by atoms with van der Waals surface area (Å²) in [6, 6.07) is -0.754. The van der Waals surface area contributed by atoms with Gasteiger partial charge in [-0.05, 0) is 12.8 Å². The number of alkyl halides is 3. The Morgan fingerprint density at radius 1 is 1.37 bits per heavy atom. The first-order valence-corrected chi connectivity index (χ1v) is 5.99. The summed E-state index contributed by atoms with van der Waals surface area (Å²) in [5.74, 6) is -2.00. The lowest BCUT2D eigenvalue weighted by atomic mass is 9.99. The number of nitrogens with zero attached hydrogens (tertiary/aromatic N) is 2. The van der Waals surface area contributed by atoms with E-state index in [9.17, 15) is 22.8 Å². The van der Waals surface area contributed by atoms with Crippen LogP contribution in [0.4, 0.5) is 18.0 Å². The van der Waals surface area contributed by atoms with Crippen LogP contribution < -0.4 is 0 Å². The number of carbonyl (C=O) groups excluding carboxylic acids is 1. The third kappa shape index (κ3) is 4.00. The molecule has 1 rings (SSSR count). The molecule has 2 unspecified atom stereocenters. The number of aliphatic carboxylic acids is 1. The third-order valence-electron chi connectivity index (χ3n) is 3.22. The predicted molar refractivity (Wildman–Crippen MR) is 60.6 cm³/mol. The molecule has 5 nitrogen and oxygen atoms in total. The fraction of sp³-hybridized carbons (Fsp3) is 0.818. The van der Waals surface area contributed by atoms with Gasteiger partial charge in [0.15, 0.2) is 0 Å². The van der Waals surface area contributed by atoms with Crippen molar-refractivity contribution in [1.82, 2.24) is 9.80 Å². The van der Waals surface area contributed by atoms with Gasteiger partial charge < -0.3 is 14.9 Å². The first kappa shape index (κ1) is 15.6. The topological polar surface area (TPSA) is 60.9 Å². The summed E-state index contributed by atoms with van der Waals surface area (Å²) < 4.78 is 36.9. The standard InChI is InChI=1S/C11H17F3N2O3/c1-3-15(6-11(12,13)14)10(19)16-4-7(2)8(5-16)9(17)18/h7-8H,3-6H2,1-2H3,(H,17,18). The quantitative estimate of drug-likeness (QED) is 0.856. The van der Waals surface area contributed by atoms with Crippen LogP contribution in [-0.4, -0.2) is 59.3 Å². The molecular formula is C11H17F3N2O3. The number of halogens is 3. The Hall–Kier alpha value is -1.47. The summed E-state index contributed by atoms with van der Waals surface area (Å²) in [6.07, 6.45) is -4.46. The van der Waals surface area contributed by atoms with Crippen molar-refractivity contribution >= 4 is 12.0 Å². The van der Waals surface area contributed by atoms with Crippen molar-refractivity contribution in [2.75, 3.05) is 26.2 Å². The van der Waals surface area contributed by atoms with Gasteiger partial charge in [0, 0.05) is 19.6 Å². The van der Waals surface area contributed by atoms with Crippen LogP contribution in [0.25, 0.3) is 0 Å². The van der Waals surface area contributed by atoms with Crippen LogP contribution in [-0.2, 0) is 4.79 Å². The summed E-state index contributed by atoms with van der Waals surface area (Å²) >= 11 is 0. The van der Waals surface area contributed by atoms with Crippen molar-refractivity contribution in [2.45, 2.75) is 20.0 Å². The largest absolute Gasteiger partial charge is 0.481 e. The maximum absolute atomic E-state index is 12.3. The van der Waals surface area contributed by atoms with E-state index in [0.29, 0.717) is 4.90 Å². The zero-order chi connectivity index (χ0) is 14.8. The third-order valence-corrected chi connectivity index (χ3v) is 3.22. The van der Waals surface area contributed by atoms with Crippen molar-refractivity contribution in [2.24, 2.45) is 11.8 Å². The SMILES string of the molecule is CCN(CC(F)(F)F)C(=O)N1CC(C)C(C(=O)O)C1. The molecule has 0 bridgehead atoms. The van der Waals surface area contributed by atoms with Gasteiger partial charge in [0.05, 0.1) is 5.92 Å². The Morgan fingerprint density at radius 2 is 1.95 bits per heavy atom. The number of carbonyl (C=O) groups is 2. The maximum Gasteiger partial charge on any atom is 0.406 e. The van der Waals surface area contributed by atoms with Gasteiger partial charge in [0.25, 0.3) is 0 Å². The molecule has 1 aliphatic rings. The van der Waals surface area contributed by atoms with Gasteiger partial charge in [-0.3, -0.25) is 4.79 Å². The second-order valence-electron chi connectivity index (χ2n) is 4.74.